The molecule has 2 heterocycles. The van der Waals surface area contributed by atoms with Crippen molar-refractivity contribution in [3.8, 4) is 17.0 Å². The molecule has 1 amide bonds. The number of hydrogen-bond acceptors (Lipinski definition) is 5. The fourth-order valence-electron chi connectivity index (χ4n) is 3.48. The Balaban J connectivity index is 1.62. The van der Waals surface area contributed by atoms with Crippen LogP contribution in [-0.4, -0.2) is 28.0 Å². The molecule has 1 N–H and O–H groups in total. The summed E-state index contributed by atoms with van der Waals surface area (Å²) in [4.78, 5) is 25.5. The second kappa shape index (κ2) is 9.70. The van der Waals surface area contributed by atoms with Crippen LogP contribution in [0.5, 0.6) is 5.75 Å². The molecule has 0 fully saturated rings. The van der Waals surface area contributed by atoms with Crippen LogP contribution in [0.15, 0.2) is 79.4 Å². The van der Waals surface area contributed by atoms with Gasteiger partial charge in [-0.2, -0.15) is 13.2 Å². The van der Waals surface area contributed by atoms with E-state index in [1.807, 2.05) is 6.07 Å². The number of benzene rings is 2. The van der Waals surface area contributed by atoms with Crippen molar-refractivity contribution in [2.24, 2.45) is 0 Å². The molecular weight excluding hydrogens is 445 g/mol. The molecule has 0 aliphatic heterocycles. The van der Waals surface area contributed by atoms with Gasteiger partial charge in [0.15, 0.2) is 0 Å². The Morgan fingerprint density at radius 3 is 2.59 bits per heavy atom. The third kappa shape index (κ3) is 5.20. The van der Waals surface area contributed by atoms with Gasteiger partial charge < -0.3 is 10.1 Å². The summed E-state index contributed by atoms with van der Waals surface area (Å²) < 4.78 is 44.4. The van der Waals surface area contributed by atoms with E-state index in [-0.39, 0.29) is 11.3 Å². The number of ether oxygens (including phenoxy) is 1. The molecule has 0 aliphatic rings. The Morgan fingerprint density at radius 1 is 1.00 bits per heavy atom. The highest BCUT2D eigenvalue weighted by atomic mass is 19.4. The second-order valence-corrected chi connectivity index (χ2v) is 7.33. The van der Waals surface area contributed by atoms with E-state index < -0.39 is 17.6 Å². The summed E-state index contributed by atoms with van der Waals surface area (Å²) in [6.07, 6.45) is 0.590. The van der Waals surface area contributed by atoms with Gasteiger partial charge in [-0.05, 0) is 54.6 Å². The minimum absolute atomic E-state index is 0.0490. The predicted octanol–water partition coefficient (Wildman–Crippen LogP) is 5.41. The van der Waals surface area contributed by atoms with Crippen LogP contribution in [0.25, 0.3) is 11.3 Å². The molecule has 0 unspecified atom stereocenters. The SMILES string of the molecule is COc1ccc(C(=O)Nc2cccc(C(F)(F)F)c2)cc1Cc1ncccc1-c1ccncn1. The number of nitrogens with one attached hydrogen (secondary N) is 1. The molecule has 6 nitrogen and oxygen atoms in total. The van der Waals surface area contributed by atoms with Crippen molar-refractivity contribution in [3.05, 3.63) is 102 Å². The molecule has 0 saturated carbocycles. The number of nitrogens with zero attached hydrogens (tertiary/aromatic N) is 3. The van der Waals surface area contributed by atoms with Crippen LogP contribution in [0.2, 0.25) is 0 Å². The van der Waals surface area contributed by atoms with Crippen LogP contribution in [0.1, 0.15) is 27.2 Å². The summed E-state index contributed by atoms with van der Waals surface area (Å²) in [5.41, 5.74) is 2.40. The molecule has 0 spiro atoms. The Bertz CT molecular complexity index is 1310. The van der Waals surface area contributed by atoms with Crippen molar-refractivity contribution < 1.29 is 22.7 Å². The number of aromatic nitrogens is 3. The van der Waals surface area contributed by atoms with Crippen LogP contribution in [0.3, 0.4) is 0 Å². The Morgan fingerprint density at radius 2 is 1.85 bits per heavy atom. The fourth-order valence-corrected chi connectivity index (χ4v) is 3.48. The molecule has 0 aliphatic carbocycles. The minimum Gasteiger partial charge on any atom is -0.496 e. The number of alkyl halides is 3. The number of pyridine rings is 1. The smallest absolute Gasteiger partial charge is 0.416 e. The van der Waals surface area contributed by atoms with Crippen molar-refractivity contribution in [2.45, 2.75) is 12.6 Å². The molecule has 34 heavy (non-hydrogen) atoms. The first kappa shape index (κ1) is 22.9. The van der Waals surface area contributed by atoms with Gasteiger partial charge in [0.2, 0.25) is 0 Å². The number of anilines is 1. The quantitative estimate of drug-likeness (QED) is 0.413. The van der Waals surface area contributed by atoms with Gasteiger partial charge in [-0.25, -0.2) is 9.97 Å². The maximum Gasteiger partial charge on any atom is 0.416 e. The van der Waals surface area contributed by atoms with E-state index in [0.29, 0.717) is 23.4 Å². The van der Waals surface area contributed by atoms with E-state index >= 15 is 0 Å². The third-order valence-corrected chi connectivity index (χ3v) is 5.10. The first-order valence-electron chi connectivity index (χ1n) is 10.2. The molecule has 9 heteroatoms. The van der Waals surface area contributed by atoms with Gasteiger partial charge in [0, 0.05) is 41.2 Å². The van der Waals surface area contributed by atoms with E-state index in [2.05, 4.69) is 20.3 Å². The van der Waals surface area contributed by atoms with E-state index in [1.165, 1.54) is 25.6 Å². The highest BCUT2D eigenvalue weighted by Gasteiger charge is 2.30. The summed E-state index contributed by atoms with van der Waals surface area (Å²) in [5, 5.41) is 2.52. The molecule has 0 bridgehead atoms. The van der Waals surface area contributed by atoms with Gasteiger partial charge in [0.05, 0.1) is 24.1 Å². The van der Waals surface area contributed by atoms with Crippen LogP contribution in [-0.2, 0) is 12.6 Å². The van der Waals surface area contributed by atoms with Crippen LogP contribution in [0, 0.1) is 0 Å². The van der Waals surface area contributed by atoms with Crippen molar-refractivity contribution in [3.63, 3.8) is 0 Å². The van der Waals surface area contributed by atoms with E-state index in [0.717, 1.165) is 23.4 Å². The largest absolute Gasteiger partial charge is 0.496 e. The lowest BCUT2D eigenvalue weighted by atomic mass is 10.00. The first-order valence-corrected chi connectivity index (χ1v) is 10.2. The molecular formula is C25H19F3N4O2. The Kier molecular flexibility index (Phi) is 6.53. The van der Waals surface area contributed by atoms with E-state index in [1.54, 1.807) is 42.7 Å². The number of methoxy groups -OCH3 is 1. The van der Waals surface area contributed by atoms with Gasteiger partial charge in [-0.3, -0.25) is 9.78 Å². The highest BCUT2D eigenvalue weighted by Crippen LogP contribution is 2.31. The summed E-state index contributed by atoms with van der Waals surface area (Å²) in [6, 6.07) is 14.8. The number of carbonyl (C=O) groups excluding carboxylic acids is 1. The van der Waals surface area contributed by atoms with Crippen molar-refractivity contribution in [1.82, 2.24) is 15.0 Å². The zero-order chi connectivity index (χ0) is 24.1. The van der Waals surface area contributed by atoms with Gasteiger partial charge >= 0.3 is 6.18 Å². The molecule has 2 aromatic heterocycles. The summed E-state index contributed by atoms with van der Waals surface area (Å²) in [6.45, 7) is 0. The summed E-state index contributed by atoms with van der Waals surface area (Å²) >= 11 is 0. The minimum atomic E-state index is -4.50. The van der Waals surface area contributed by atoms with Crippen LogP contribution >= 0.6 is 0 Å². The van der Waals surface area contributed by atoms with Gasteiger partial charge in [-0.1, -0.05) is 6.07 Å². The van der Waals surface area contributed by atoms with E-state index in [4.69, 9.17) is 4.74 Å². The van der Waals surface area contributed by atoms with Gasteiger partial charge in [0.25, 0.3) is 5.91 Å². The zero-order valence-electron chi connectivity index (χ0n) is 18.0. The Labute approximate surface area is 193 Å². The lowest BCUT2D eigenvalue weighted by Crippen LogP contribution is -2.14. The number of rotatable bonds is 6. The molecule has 4 aromatic rings. The third-order valence-electron chi connectivity index (χ3n) is 5.10. The zero-order valence-corrected chi connectivity index (χ0v) is 18.0. The number of hydrogen-bond donors (Lipinski definition) is 1. The number of amides is 1. The van der Waals surface area contributed by atoms with E-state index in [9.17, 15) is 18.0 Å². The standard InChI is InChI=1S/C25H19F3N4O2/c1-34-23-8-7-16(24(33)32-19-5-2-4-18(14-19)25(26,27)28)12-17(23)13-22-20(6-3-10-30-22)21-9-11-29-15-31-21/h2-12,14-15H,13H2,1H3,(H,32,33). The molecule has 0 saturated heterocycles. The average molecular weight is 464 g/mol. The summed E-state index contributed by atoms with van der Waals surface area (Å²) in [7, 11) is 1.52. The predicted molar refractivity (Wildman–Crippen MR) is 120 cm³/mol. The fraction of sp³-hybridized carbons (Fsp3) is 0.120. The highest BCUT2D eigenvalue weighted by molar-refractivity contribution is 6.04. The first-order chi connectivity index (χ1) is 16.3. The molecule has 4 rings (SSSR count). The summed E-state index contributed by atoms with van der Waals surface area (Å²) in [5.74, 6) is 0.00943. The lowest BCUT2D eigenvalue weighted by molar-refractivity contribution is -0.137. The molecule has 172 valence electrons. The number of halogens is 3. The monoisotopic (exact) mass is 464 g/mol. The second-order valence-electron chi connectivity index (χ2n) is 7.33. The Hall–Kier alpha value is -4.27. The van der Waals surface area contributed by atoms with Gasteiger partial charge in [0.1, 0.15) is 12.1 Å². The van der Waals surface area contributed by atoms with Gasteiger partial charge in [-0.15, -0.1) is 0 Å². The van der Waals surface area contributed by atoms with Crippen molar-refractivity contribution >= 4 is 11.6 Å². The molecule has 0 atom stereocenters. The maximum atomic E-state index is 13.0. The average Bonchev–Trinajstić information content (AvgIpc) is 2.84. The topological polar surface area (TPSA) is 77.0 Å². The molecule has 2 aromatic carbocycles. The van der Waals surface area contributed by atoms with Crippen molar-refractivity contribution in [2.75, 3.05) is 12.4 Å². The van der Waals surface area contributed by atoms with Crippen LogP contribution in [0.4, 0.5) is 18.9 Å². The number of carbonyl (C=O) groups is 1. The van der Waals surface area contributed by atoms with Crippen molar-refractivity contribution in [1.29, 1.82) is 0 Å². The molecule has 0 radical (unpaired) electrons. The van der Waals surface area contributed by atoms with Crippen LogP contribution < -0.4 is 10.1 Å². The maximum absolute atomic E-state index is 13.0. The lowest BCUT2D eigenvalue weighted by Gasteiger charge is -2.13. The normalized spacial score (nSPS) is 11.2.